The van der Waals surface area contributed by atoms with Gasteiger partial charge in [0.1, 0.15) is 0 Å². The van der Waals surface area contributed by atoms with Crippen LogP contribution in [-0.2, 0) is 0 Å². The van der Waals surface area contributed by atoms with Crippen LogP contribution in [0.15, 0.2) is 48.7 Å². The zero-order valence-corrected chi connectivity index (χ0v) is 11.1. The van der Waals surface area contributed by atoms with E-state index in [9.17, 15) is 0 Å². The molecule has 0 radical (unpaired) electrons. The van der Waals surface area contributed by atoms with Crippen molar-refractivity contribution in [1.29, 1.82) is 0 Å². The molecule has 1 unspecified atom stereocenters. The second-order valence-electron chi connectivity index (χ2n) is 4.08. The van der Waals surface area contributed by atoms with Crippen molar-refractivity contribution in [3.63, 3.8) is 0 Å². The first-order valence-corrected chi connectivity index (χ1v) is 6.79. The molecular formula is C14H11ClN2S. The molecule has 0 amide bonds. The van der Waals surface area contributed by atoms with Gasteiger partial charge in [-0.1, -0.05) is 23.7 Å². The largest absolute Gasteiger partial charge is 0.320 e. The molecule has 0 aliphatic rings. The highest BCUT2D eigenvalue weighted by atomic mass is 35.5. The number of nitrogens with zero attached hydrogens (tertiary/aromatic N) is 1. The molecule has 0 saturated heterocycles. The van der Waals surface area contributed by atoms with Crippen molar-refractivity contribution in [2.24, 2.45) is 5.73 Å². The number of aromatic nitrogens is 1. The summed E-state index contributed by atoms with van der Waals surface area (Å²) in [6.07, 6.45) is 1.79. The number of benzene rings is 1. The summed E-state index contributed by atoms with van der Waals surface area (Å²) in [4.78, 5) is 5.37. The van der Waals surface area contributed by atoms with Crippen LogP contribution in [-0.4, -0.2) is 4.98 Å². The van der Waals surface area contributed by atoms with Gasteiger partial charge in [0.25, 0.3) is 0 Å². The van der Waals surface area contributed by atoms with Crippen LogP contribution in [0.4, 0.5) is 0 Å². The Bertz CT molecular complexity index is 693. The van der Waals surface area contributed by atoms with Gasteiger partial charge in [-0.25, -0.2) is 0 Å². The van der Waals surface area contributed by atoms with E-state index >= 15 is 0 Å². The first kappa shape index (κ1) is 11.7. The van der Waals surface area contributed by atoms with Crippen molar-refractivity contribution < 1.29 is 0 Å². The lowest BCUT2D eigenvalue weighted by Crippen LogP contribution is -2.09. The summed E-state index contributed by atoms with van der Waals surface area (Å²) in [6.45, 7) is 0. The van der Waals surface area contributed by atoms with Crippen molar-refractivity contribution in [2.45, 2.75) is 6.04 Å². The minimum absolute atomic E-state index is 0.132. The summed E-state index contributed by atoms with van der Waals surface area (Å²) in [5.41, 5.74) is 8.31. The normalized spacial score (nSPS) is 12.8. The summed E-state index contributed by atoms with van der Waals surface area (Å²) in [6, 6.07) is 13.8. The molecule has 2 heterocycles. The molecule has 1 atom stereocenters. The van der Waals surface area contributed by atoms with Gasteiger partial charge < -0.3 is 5.73 Å². The lowest BCUT2D eigenvalue weighted by Gasteiger charge is -2.10. The van der Waals surface area contributed by atoms with Crippen molar-refractivity contribution in [3.05, 3.63) is 63.4 Å². The van der Waals surface area contributed by atoms with Crippen molar-refractivity contribution >= 4 is 33.8 Å². The maximum absolute atomic E-state index is 6.25. The van der Waals surface area contributed by atoms with Gasteiger partial charge in [0.2, 0.25) is 0 Å². The zero-order chi connectivity index (χ0) is 12.5. The number of pyridine rings is 1. The average Bonchev–Trinajstić information content (AvgIpc) is 2.84. The van der Waals surface area contributed by atoms with E-state index < -0.39 is 0 Å². The Morgan fingerprint density at radius 3 is 2.83 bits per heavy atom. The number of hydrogen-bond donors (Lipinski definition) is 1. The van der Waals surface area contributed by atoms with Gasteiger partial charge in [-0.3, -0.25) is 4.98 Å². The van der Waals surface area contributed by atoms with Crippen molar-refractivity contribution in [3.8, 4) is 0 Å². The SMILES string of the molecule is NC(c1ccc2ncccc2c1)c1ccc(Cl)s1. The molecule has 1 aromatic carbocycles. The zero-order valence-electron chi connectivity index (χ0n) is 9.51. The predicted molar refractivity (Wildman–Crippen MR) is 77.1 cm³/mol. The third-order valence-corrected chi connectivity index (χ3v) is 4.20. The van der Waals surface area contributed by atoms with Crippen LogP contribution < -0.4 is 5.73 Å². The van der Waals surface area contributed by atoms with Gasteiger partial charge in [-0.2, -0.15) is 0 Å². The van der Waals surface area contributed by atoms with Gasteiger partial charge >= 0.3 is 0 Å². The molecule has 3 rings (SSSR count). The highest BCUT2D eigenvalue weighted by molar-refractivity contribution is 7.16. The quantitative estimate of drug-likeness (QED) is 0.767. The van der Waals surface area contributed by atoms with Crippen LogP contribution in [0.25, 0.3) is 10.9 Å². The summed E-state index contributed by atoms with van der Waals surface area (Å²) < 4.78 is 0.767. The van der Waals surface area contributed by atoms with Crippen LogP contribution in [0, 0.1) is 0 Å². The number of rotatable bonds is 2. The molecule has 90 valence electrons. The van der Waals surface area contributed by atoms with Crippen molar-refractivity contribution in [1.82, 2.24) is 4.98 Å². The minimum Gasteiger partial charge on any atom is -0.320 e. The fourth-order valence-electron chi connectivity index (χ4n) is 1.95. The molecule has 2 nitrogen and oxygen atoms in total. The van der Waals surface area contributed by atoms with E-state index in [4.69, 9.17) is 17.3 Å². The third-order valence-electron chi connectivity index (χ3n) is 2.89. The molecule has 2 N–H and O–H groups in total. The summed E-state index contributed by atoms with van der Waals surface area (Å²) in [5, 5.41) is 1.10. The van der Waals surface area contributed by atoms with Gasteiger partial charge in [0.15, 0.2) is 0 Å². The van der Waals surface area contributed by atoms with E-state index in [-0.39, 0.29) is 6.04 Å². The third kappa shape index (κ3) is 2.12. The number of thiophene rings is 1. The van der Waals surface area contributed by atoms with Gasteiger partial charge in [0, 0.05) is 16.5 Å². The smallest absolute Gasteiger partial charge is 0.0931 e. The molecule has 0 aliphatic heterocycles. The Morgan fingerprint density at radius 1 is 1.17 bits per heavy atom. The summed E-state index contributed by atoms with van der Waals surface area (Å²) in [5.74, 6) is 0. The fourth-order valence-corrected chi connectivity index (χ4v) is 3.04. The molecule has 0 aliphatic carbocycles. The van der Waals surface area contributed by atoms with Gasteiger partial charge in [-0.05, 0) is 35.9 Å². The standard InChI is InChI=1S/C14H11ClN2S/c15-13-6-5-12(18-13)14(16)10-3-4-11-9(8-10)2-1-7-17-11/h1-8,14H,16H2. The van der Waals surface area contributed by atoms with Crippen LogP contribution >= 0.6 is 22.9 Å². The van der Waals surface area contributed by atoms with E-state index in [0.717, 1.165) is 25.7 Å². The molecule has 0 spiro atoms. The average molecular weight is 275 g/mol. The van der Waals surface area contributed by atoms with E-state index in [1.165, 1.54) is 11.3 Å². The Kier molecular flexibility index (Phi) is 3.04. The fraction of sp³-hybridized carbons (Fsp3) is 0.0714. The lowest BCUT2D eigenvalue weighted by molar-refractivity contribution is 0.895. The Labute approximate surface area is 114 Å². The first-order valence-electron chi connectivity index (χ1n) is 5.59. The molecule has 0 fully saturated rings. The van der Waals surface area contributed by atoms with Crippen LogP contribution in [0.1, 0.15) is 16.5 Å². The van der Waals surface area contributed by atoms with Gasteiger partial charge in [-0.15, -0.1) is 11.3 Å². The van der Waals surface area contributed by atoms with Crippen LogP contribution in [0.5, 0.6) is 0 Å². The van der Waals surface area contributed by atoms with E-state index in [1.54, 1.807) is 6.20 Å². The maximum Gasteiger partial charge on any atom is 0.0931 e. The predicted octanol–water partition coefficient (Wildman–Crippen LogP) is 4.00. The Morgan fingerprint density at radius 2 is 2.06 bits per heavy atom. The van der Waals surface area contributed by atoms with Crippen LogP contribution in [0.3, 0.4) is 0 Å². The van der Waals surface area contributed by atoms with Crippen molar-refractivity contribution in [2.75, 3.05) is 0 Å². The topological polar surface area (TPSA) is 38.9 Å². The number of nitrogens with two attached hydrogens (primary N) is 1. The Balaban J connectivity index is 2.03. The number of hydrogen-bond acceptors (Lipinski definition) is 3. The summed E-state index contributed by atoms with van der Waals surface area (Å²) in [7, 11) is 0. The highest BCUT2D eigenvalue weighted by Gasteiger charge is 2.11. The second-order valence-corrected chi connectivity index (χ2v) is 5.82. The molecule has 0 bridgehead atoms. The molecule has 3 aromatic rings. The molecule has 18 heavy (non-hydrogen) atoms. The summed E-state index contributed by atoms with van der Waals surface area (Å²) >= 11 is 7.46. The molecular weight excluding hydrogens is 264 g/mol. The highest BCUT2D eigenvalue weighted by Crippen LogP contribution is 2.30. The number of halogens is 1. The number of fused-ring (bicyclic) bond motifs is 1. The lowest BCUT2D eigenvalue weighted by atomic mass is 10.0. The molecule has 0 saturated carbocycles. The molecule has 4 heteroatoms. The Hall–Kier alpha value is -1.42. The van der Waals surface area contributed by atoms with E-state index in [2.05, 4.69) is 11.1 Å². The van der Waals surface area contributed by atoms with Gasteiger partial charge in [0.05, 0.1) is 15.9 Å². The maximum atomic E-state index is 6.25. The second kappa shape index (κ2) is 4.69. The molecule has 2 aromatic heterocycles. The van der Waals surface area contributed by atoms with E-state index in [0.29, 0.717) is 0 Å². The minimum atomic E-state index is -0.132. The van der Waals surface area contributed by atoms with Crippen LogP contribution in [0.2, 0.25) is 4.34 Å². The van der Waals surface area contributed by atoms with E-state index in [1.807, 2.05) is 36.4 Å². The first-order chi connectivity index (χ1) is 8.74. The monoisotopic (exact) mass is 274 g/mol.